The van der Waals surface area contributed by atoms with Crippen molar-refractivity contribution in [2.24, 2.45) is 0 Å². The van der Waals surface area contributed by atoms with Crippen LogP contribution in [-0.4, -0.2) is 40.0 Å². The van der Waals surface area contributed by atoms with Crippen LogP contribution in [0.2, 0.25) is 0 Å². The molecule has 2 aromatic heterocycles. The highest BCUT2D eigenvalue weighted by Crippen LogP contribution is 2.30. The first-order valence-corrected chi connectivity index (χ1v) is 12.3. The van der Waals surface area contributed by atoms with E-state index < -0.39 is 0 Å². The van der Waals surface area contributed by atoms with Crippen LogP contribution < -0.4 is 10.9 Å². The number of hydrogen-bond acceptors (Lipinski definition) is 5. The van der Waals surface area contributed by atoms with Gasteiger partial charge >= 0.3 is 0 Å². The van der Waals surface area contributed by atoms with Crippen molar-refractivity contribution in [2.75, 3.05) is 19.6 Å². The Kier molecular flexibility index (Phi) is 6.51. The van der Waals surface area contributed by atoms with Gasteiger partial charge in [-0.3, -0.25) is 19.1 Å². The van der Waals surface area contributed by atoms with Crippen molar-refractivity contribution in [3.05, 3.63) is 88.0 Å². The first-order chi connectivity index (χ1) is 16.6. The second-order valence-electron chi connectivity index (χ2n) is 8.49. The molecule has 1 saturated heterocycles. The monoisotopic (exact) mass is 476 g/mol. The van der Waals surface area contributed by atoms with Gasteiger partial charge in [0.2, 0.25) is 5.91 Å². The first-order valence-electron chi connectivity index (χ1n) is 11.4. The molecule has 3 heterocycles. The van der Waals surface area contributed by atoms with Crippen LogP contribution in [-0.2, 0) is 11.3 Å². The molecule has 0 aliphatic carbocycles. The maximum Gasteiger partial charge on any atom is 0.263 e. The van der Waals surface area contributed by atoms with Crippen molar-refractivity contribution in [2.45, 2.75) is 25.4 Å². The number of carbonyl (C=O) groups excluding carboxylic acids is 1. The molecule has 5 rings (SSSR count). The molecule has 4 aromatic rings. The van der Waals surface area contributed by atoms with Crippen molar-refractivity contribution in [3.8, 4) is 11.1 Å². The minimum atomic E-state index is -0.335. The van der Waals surface area contributed by atoms with E-state index in [1.54, 1.807) is 12.1 Å². The van der Waals surface area contributed by atoms with Gasteiger partial charge < -0.3 is 5.32 Å². The minimum absolute atomic E-state index is 0.104. The highest BCUT2D eigenvalue weighted by atomic mass is 32.1. The zero-order valence-corrected chi connectivity index (χ0v) is 19.4. The maximum atomic E-state index is 13.3. The van der Waals surface area contributed by atoms with E-state index in [2.05, 4.69) is 27.3 Å². The molecule has 1 atom stereocenters. The summed E-state index contributed by atoms with van der Waals surface area (Å²) in [5.41, 5.74) is 2.34. The van der Waals surface area contributed by atoms with Crippen molar-refractivity contribution in [1.82, 2.24) is 19.8 Å². The van der Waals surface area contributed by atoms with Gasteiger partial charge in [0.1, 0.15) is 17.2 Å². The molecule has 0 bridgehead atoms. The highest BCUT2D eigenvalue weighted by molar-refractivity contribution is 7.17. The summed E-state index contributed by atoms with van der Waals surface area (Å²) in [6.07, 6.45) is 3.75. The van der Waals surface area contributed by atoms with Gasteiger partial charge in [-0.1, -0.05) is 42.5 Å². The van der Waals surface area contributed by atoms with E-state index in [9.17, 15) is 14.0 Å². The van der Waals surface area contributed by atoms with Crippen LogP contribution >= 0.6 is 11.3 Å². The smallest absolute Gasteiger partial charge is 0.263 e. The molecule has 6 nitrogen and oxygen atoms in total. The second-order valence-corrected chi connectivity index (χ2v) is 9.35. The average Bonchev–Trinajstić information content (AvgIpc) is 3.53. The molecule has 1 amide bonds. The lowest BCUT2D eigenvalue weighted by Crippen LogP contribution is -2.39. The number of hydrogen-bond donors (Lipinski definition) is 1. The predicted molar refractivity (Wildman–Crippen MR) is 132 cm³/mol. The van der Waals surface area contributed by atoms with Gasteiger partial charge in [0.25, 0.3) is 5.56 Å². The van der Waals surface area contributed by atoms with Crippen LogP contribution in [0.1, 0.15) is 24.4 Å². The van der Waals surface area contributed by atoms with Crippen molar-refractivity contribution >= 4 is 27.5 Å². The maximum absolute atomic E-state index is 13.3. The topological polar surface area (TPSA) is 67.2 Å². The van der Waals surface area contributed by atoms with E-state index in [0.717, 1.165) is 31.5 Å². The van der Waals surface area contributed by atoms with Crippen LogP contribution in [0.15, 0.2) is 71.1 Å². The van der Waals surface area contributed by atoms with E-state index in [4.69, 9.17) is 0 Å². The van der Waals surface area contributed by atoms with Gasteiger partial charge in [-0.05, 0) is 49.2 Å². The first kappa shape index (κ1) is 22.4. The Morgan fingerprint density at radius 3 is 2.56 bits per heavy atom. The van der Waals surface area contributed by atoms with E-state index in [1.165, 1.54) is 39.9 Å². The zero-order chi connectivity index (χ0) is 23.5. The number of carbonyl (C=O) groups is 1. The minimum Gasteiger partial charge on any atom is -0.353 e. The fourth-order valence-electron chi connectivity index (χ4n) is 4.53. The average molecular weight is 477 g/mol. The highest BCUT2D eigenvalue weighted by Gasteiger charge is 2.24. The second kappa shape index (κ2) is 9.87. The van der Waals surface area contributed by atoms with Crippen molar-refractivity contribution in [1.29, 1.82) is 0 Å². The molecule has 1 aliphatic heterocycles. The Hall–Kier alpha value is -3.36. The van der Waals surface area contributed by atoms with E-state index in [0.29, 0.717) is 22.3 Å². The Labute approximate surface area is 200 Å². The molecule has 0 saturated carbocycles. The van der Waals surface area contributed by atoms with Gasteiger partial charge in [-0.2, -0.15) is 0 Å². The molecular weight excluding hydrogens is 451 g/mol. The van der Waals surface area contributed by atoms with Crippen molar-refractivity contribution < 1.29 is 9.18 Å². The third-order valence-corrected chi connectivity index (χ3v) is 7.17. The molecule has 34 heavy (non-hydrogen) atoms. The number of nitrogens with zero attached hydrogens (tertiary/aromatic N) is 3. The van der Waals surface area contributed by atoms with Crippen LogP contribution in [0.4, 0.5) is 4.39 Å². The zero-order valence-electron chi connectivity index (χ0n) is 18.6. The van der Waals surface area contributed by atoms with Gasteiger partial charge in [-0.25, -0.2) is 9.37 Å². The molecule has 8 heteroatoms. The fraction of sp³-hybridized carbons (Fsp3) is 0.269. The number of nitrogens with one attached hydrogen (secondary N) is 1. The summed E-state index contributed by atoms with van der Waals surface area (Å²) in [5.74, 6) is -0.569. The molecule has 1 unspecified atom stereocenters. The van der Waals surface area contributed by atoms with Gasteiger partial charge in [0, 0.05) is 17.5 Å². The van der Waals surface area contributed by atoms with Crippen LogP contribution in [0.3, 0.4) is 0 Å². The number of thiophene rings is 1. The number of halogens is 1. The number of fused-ring (bicyclic) bond motifs is 1. The van der Waals surface area contributed by atoms with Gasteiger partial charge in [0.05, 0.1) is 17.8 Å². The van der Waals surface area contributed by atoms with Gasteiger partial charge in [-0.15, -0.1) is 11.3 Å². The number of benzene rings is 2. The lowest BCUT2D eigenvalue weighted by Gasteiger charge is -2.28. The van der Waals surface area contributed by atoms with Gasteiger partial charge in [0.15, 0.2) is 0 Å². The Morgan fingerprint density at radius 1 is 1.09 bits per heavy atom. The summed E-state index contributed by atoms with van der Waals surface area (Å²) < 4.78 is 14.7. The summed E-state index contributed by atoms with van der Waals surface area (Å²) in [6.45, 7) is 2.40. The molecule has 1 N–H and O–H groups in total. The molecule has 0 spiro atoms. The molecular formula is C26H25FN4O2S. The molecule has 1 aliphatic rings. The largest absolute Gasteiger partial charge is 0.353 e. The third-order valence-electron chi connectivity index (χ3n) is 6.29. The molecule has 174 valence electrons. The number of aromatic nitrogens is 2. The number of amides is 1. The number of likely N-dealkylation sites (tertiary alicyclic amines) is 1. The lowest BCUT2D eigenvalue weighted by molar-refractivity contribution is -0.122. The van der Waals surface area contributed by atoms with Crippen molar-refractivity contribution in [3.63, 3.8) is 0 Å². The SMILES string of the molecule is O=C(Cn1cnc2scc(-c3ccc(F)cc3)c2c1=O)NCC(c1ccccc1)N1CCCC1. The number of rotatable bonds is 7. The lowest BCUT2D eigenvalue weighted by atomic mass is 10.1. The third kappa shape index (κ3) is 4.64. The van der Waals surface area contributed by atoms with E-state index in [-0.39, 0.29) is 29.9 Å². The Bertz CT molecular complexity index is 1340. The standard InChI is InChI=1S/C26H25FN4O2S/c27-20-10-8-18(9-11-20)21-16-34-25-24(21)26(33)31(17-29-25)15-23(32)28-14-22(30-12-4-5-13-30)19-6-2-1-3-7-19/h1-3,6-11,16-17,22H,4-5,12-15H2,(H,28,32). The summed E-state index contributed by atoms with van der Waals surface area (Å²) in [7, 11) is 0. The summed E-state index contributed by atoms with van der Waals surface area (Å²) in [4.78, 5) is 33.4. The molecule has 2 aromatic carbocycles. The normalized spacial score (nSPS) is 15.0. The summed E-state index contributed by atoms with van der Waals surface area (Å²) in [6, 6.07) is 16.3. The van der Waals surface area contributed by atoms with Crippen LogP contribution in [0.25, 0.3) is 21.3 Å². The summed E-state index contributed by atoms with van der Waals surface area (Å²) >= 11 is 1.36. The Balaban J connectivity index is 1.34. The van der Waals surface area contributed by atoms with Crippen LogP contribution in [0, 0.1) is 5.82 Å². The van der Waals surface area contributed by atoms with E-state index in [1.807, 2.05) is 23.6 Å². The van der Waals surface area contributed by atoms with E-state index >= 15 is 0 Å². The quantitative estimate of drug-likeness (QED) is 0.434. The summed E-state index contributed by atoms with van der Waals surface area (Å²) in [5, 5.41) is 5.32. The molecule has 1 fully saturated rings. The molecule has 0 radical (unpaired) electrons. The predicted octanol–water partition coefficient (Wildman–Crippen LogP) is 4.22. The fourth-order valence-corrected chi connectivity index (χ4v) is 5.44. The Morgan fingerprint density at radius 2 is 1.82 bits per heavy atom. The van der Waals surface area contributed by atoms with Crippen LogP contribution in [0.5, 0.6) is 0 Å².